The molecule has 2 aromatic carbocycles. The van der Waals surface area contributed by atoms with Gasteiger partial charge in [-0.15, -0.1) is 11.3 Å². The predicted molar refractivity (Wildman–Crippen MR) is 82.3 cm³/mol. The molecule has 0 aliphatic rings. The Morgan fingerprint density at radius 1 is 1.10 bits per heavy atom. The highest BCUT2D eigenvalue weighted by molar-refractivity contribution is 7.17. The van der Waals surface area contributed by atoms with Crippen LogP contribution in [0.15, 0.2) is 60.0 Å². The summed E-state index contributed by atoms with van der Waals surface area (Å²) >= 11 is 1.67. The van der Waals surface area contributed by atoms with Crippen LogP contribution >= 0.6 is 11.3 Å². The molecule has 1 heterocycles. The lowest BCUT2D eigenvalue weighted by Gasteiger charge is -2.16. The number of hydrogen-bond acceptors (Lipinski definition) is 3. The van der Waals surface area contributed by atoms with Crippen LogP contribution in [-0.4, -0.2) is 11.1 Å². The van der Waals surface area contributed by atoms with Crippen LogP contribution in [0.1, 0.15) is 11.6 Å². The van der Waals surface area contributed by atoms with Gasteiger partial charge in [-0.25, -0.2) is 4.79 Å². The highest BCUT2D eigenvalue weighted by atomic mass is 32.1. The number of carboxylic acid groups (broad SMARTS) is 1. The minimum atomic E-state index is -0.887. The van der Waals surface area contributed by atoms with E-state index < -0.39 is 12.0 Å². The van der Waals surface area contributed by atoms with E-state index in [1.165, 1.54) is 4.70 Å². The Kier molecular flexibility index (Phi) is 3.39. The van der Waals surface area contributed by atoms with Gasteiger partial charge in [0.2, 0.25) is 0 Å². The normalized spacial score (nSPS) is 12.2. The number of thiophene rings is 1. The van der Waals surface area contributed by atoms with E-state index in [2.05, 4.69) is 5.32 Å². The molecule has 0 fully saturated rings. The lowest BCUT2D eigenvalue weighted by Crippen LogP contribution is -2.20. The zero-order valence-corrected chi connectivity index (χ0v) is 11.4. The molecule has 0 aliphatic carbocycles. The van der Waals surface area contributed by atoms with Crippen molar-refractivity contribution >= 4 is 33.1 Å². The summed E-state index contributed by atoms with van der Waals surface area (Å²) in [6.45, 7) is 0. The van der Waals surface area contributed by atoms with E-state index in [9.17, 15) is 9.90 Å². The summed E-state index contributed by atoms with van der Waals surface area (Å²) in [6.07, 6.45) is 0. The summed E-state index contributed by atoms with van der Waals surface area (Å²) in [5.41, 5.74) is 1.55. The summed E-state index contributed by atoms with van der Waals surface area (Å²) in [6, 6.07) is 16.4. The summed E-state index contributed by atoms with van der Waals surface area (Å²) < 4.78 is 1.20. The van der Waals surface area contributed by atoms with Crippen molar-refractivity contribution < 1.29 is 9.90 Å². The van der Waals surface area contributed by atoms with Crippen LogP contribution in [0, 0.1) is 0 Å². The highest BCUT2D eigenvalue weighted by Crippen LogP contribution is 2.26. The largest absolute Gasteiger partial charge is 0.479 e. The molecule has 3 nitrogen and oxygen atoms in total. The van der Waals surface area contributed by atoms with Crippen LogP contribution in [0.25, 0.3) is 10.1 Å². The third-order valence-corrected chi connectivity index (χ3v) is 4.04. The Morgan fingerprint density at radius 2 is 1.90 bits per heavy atom. The van der Waals surface area contributed by atoms with E-state index in [0.29, 0.717) is 0 Å². The monoisotopic (exact) mass is 283 g/mol. The molecule has 1 unspecified atom stereocenters. The lowest BCUT2D eigenvalue weighted by molar-refractivity contribution is -0.138. The second-order valence-corrected chi connectivity index (χ2v) is 5.45. The molecule has 0 aliphatic heterocycles. The van der Waals surface area contributed by atoms with Gasteiger partial charge in [0, 0.05) is 10.4 Å². The Morgan fingerprint density at radius 3 is 2.65 bits per heavy atom. The fourth-order valence-electron chi connectivity index (χ4n) is 2.16. The van der Waals surface area contributed by atoms with E-state index in [1.807, 2.05) is 60.0 Å². The van der Waals surface area contributed by atoms with Gasteiger partial charge in [0.1, 0.15) is 0 Å². The van der Waals surface area contributed by atoms with Gasteiger partial charge in [-0.3, -0.25) is 0 Å². The SMILES string of the molecule is O=C(O)C(Nc1ccc2sccc2c1)c1ccccc1. The molecule has 1 aromatic heterocycles. The first kappa shape index (κ1) is 12.7. The van der Waals surface area contributed by atoms with Crippen molar-refractivity contribution in [3.05, 3.63) is 65.5 Å². The second-order valence-electron chi connectivity index (χ2n) is 4.50. The van der Waals surface area contributed by atoms with E-state index in [1.54, 1.807) is 11.3 Å². The first-order valence-corrected chi connectivity index (χ1v) is 7.13. The minimum Gasteiger partial charge on any atom is -0.479 e. The van der Waals surface area contributed by atoms with E-state index in [4.69, 9.17) is 0 Å². The molecule has 2 N–H and O–H groups in total. The average Bonchev–Trinajstić information content (AvgIpc) is 2.93. The summed E-state index contributed by atoms with van der Waals surface area (Å²) in [5, 5.41) is 15.6. The number of anilines is 1. The van der Waals surface area contributed by atoms with Crippen molar-refractivity contribution in [3.63, 3.8) is 0 Å². The first-order valence-electron chi connectivity index (χ1n) is 6.25. The van der Waals surface area contributed by atoms with Crippen LogP contribution in [0.5, 0.6) is 0 Å². The third kappa shape index (κ3) is 2.51. The van der Waals surface area contributed by atoms with Crippen LogP contribution in [0.2, 0.25) is 0 Å². The minimum absolute atomic E-state index is 0.741. The van der Waals surface area contributed by atoms with Gasteiger partial charge in [-0.1, -0.05) is 30.3 Å². The van der Waals surface area contributed by atoms with E-state index >= 15 is 0 Å². The van der Waals surface area contributed by atoms with Gasteiger partial charge in [-0.2, -0.15) is 0 Å². The molecule has 0 radical (unpaired) electrons. The Balaban J connectivity index is 1.91. The predicted octanol–water partition coefficient (Wildman–Crippen LogP) is 4.14. The molecule has 0 saturated heterocycles. The van der Waals surface area contributed by atoms with Crippen molar-refractivity contribution in [2.75, 3.05) is 5.32 Å². The Hall–Kier alpha value is -2.33. The van der Waals surface area contributed by atoms with Crippen molar-refractivity contribution in [2.24, 2.45) is 0 Å². The van der Waals surface area contributed by atoms with E-state index in [-0.39, 0.29) is 0 Å². The summed E-state index contributed by atoms with van der Waals surface area (Å²) in [5.74, 6) is -0.887. The van der Waals surface area contributed by atoms with Crippen LogP contribution in [0.3, 0.4) is 0 Å². The molecule has 4 heteroatoms. The van der Waals surface area contributed by atoms with Gasteiger partial charge < -0.3 is 10.4 Å². The molecule has 0 bridgehead atoms. The number of carbonyl (C=O) groups is 1. The second kappa shape index (κ2) is 5.35. The number of hydrogen-bond donors (Lipinski definition) is 2. The third-order valence-electron chi connectivity index (χ3n) is 3.14. The zero-order valence-electron chi connectivity index (χ0n) is 10.6. The fourth-order valence-corrected chi connectivity index (χ4v) is 2.93. The molecular weight excluding hydrogens is 270 g/mol. The van der Waals surface area contributed by atoms with Gasteiger partial charge in [0.25, 0.3) is 0 Å². The Labute approximate surface area is 120 Å². The van der Waals surface area contributed by atoms with Crippen LogP contribution < -0.4 is 5.32 Å². The number of benzene rings is 2. The molecular formula is C16H13NO2S. The molecule has 0 amide bonds. The Bertz CT molecular complexity index is 736. The maximum atomic E-state index is 11.5. The molecule has 20 heavy (non-hydrogen) atoms. The van der Waals surface area contributed by atoms with Gasteiger partial charge >= 0.3 is 5.97 Å². The summed E-state index contributed by atoms with van der Waals surface area (Å²) in [7, 11) is 0. The number of rotatable bonds is 4. The number of fused-ring (bicyclic) bond motifs is 1. The smallest absolute Gasteiger partial charge is 0.330 e. The molecule has 100 valence electrons. The van der Waals surface area contributed by atoms with Crippen molar-refractivity contribution in [3.8, 4) is 0 Å². The average molecular weight is 283 g/mol. The zero-order chi connectivity index (χ0) is 13.9. The maximum Gasteiger partial charge on any atom is 0.330 e. The highest BCUT2D eigenvalue weighted by Gasteiger charge is 2.19. The standard InChI is InChI=1S/C16H13NO2S/c18-16(19)15(11-4-2-1-3-5-11)17-13-6-7-14-12(10-13)8-9-20-14/h1-10,15,17H,(H,18,19). The van der Waals surface area contributed by atoms with Crippen LogP contribution in [-0.2, 0) is 4.79 Å². The molecule has 0 spiro atoms. The number of aliphatic carboxylic acids is 1. The number of carboxylic acids is 1. The number of nitrogens with one attached hydrogen (secondary N) is 1. The fraction of sp³-hybridized carbons (Fsp3) is 0.0625. The molecule has 0 saturated carbocycles. The first-order chi connectivity index (χ1) is 9.74. The van der Waals surface area contributed by atoms with Gasteiger partial charge in [0.15, 0.2) is 6.04 Å². The quantitative estimate of drug-likeness (QED) is 0.756. The maximum absolute atomic E-state index is 11.5. The summed E-state index contributed by atoms with van der Waals surface area (Å²) in [4.78, 5) is 11.5. The van der Waals surface area contributed by atoms with Gasteiger partial charge in [0.05, 0.1) is 0 Å². The van der Waals surface area contributed by atoms with Gasteiger partial charge in [-0.05, 0) is 40.6 Å². The topological polar surface area (TPSA) is 49.3 Å². The molecule has 3 aromatic rings. The molecule has 1 atom stereocenters. The molecule has 3 rings (SSSR count). The van der Waals surface area contributed by atoms with Crippen LogP contribution in [0.4, 0.5) is 5.69 Å². The van der Waals surface area contributed by atoms with Crippen molar-refractivity contribution in [1.82, 2.24) is 0 Å². The lowest BCUT2D eigenvalue weighted by atomic mass is 10.1. The van der Waals surface area contributed by atoms with Crippen molar-refractivity contribution in [1.29, 1.82) is 0 Å². The van der Waals surface area contributed by atoms with Crippen molar-refractivity contribution in [2.45, 2.75) is 6.04 Å². The van der Waals surface area contributed by atoms with E-state index in [0.717, 1.165) is 16.6 Å².